The molecule has 0 aromatic heterocycles. The smallest absolute Gasteiger partial charge is 0.315 e. The normalized spacial score (nSPS) is 13.5. The lowest BCUT2D eigenvalue weighted by molar-refractivity contribution is -0.118. The monoisotopic (exact) mass is 313 g/mol. The van der Waals surface area contributed by atoms with Crippen LogP contribution in [0.25, 0.3) is 0 Å². The maximum absolute atomic E-state index is 13.5. The minimum Gasteiger partial charge on any atom is -0.315 e. The molecule has 0 aliphatic carbocycles. The highest BCUT2D eigenvalue weighted by molar-refractivity contribution is 6.01. The average Bonchev–Trinajstić information content (AvgIpc) is 2.53. The van der Waals surface area contributed by atoms with Gasteiger partial charge in [0.1, 0.15) is 5.82 Å². The van der Waals surface area contributed by atoms with Gasteiger partial charge in [-0.3, -0.25) is 4.79 Å². The van der Waals surface area contributed by atoms with Crippen LogP contribution < -0.4 is 15.5 Å². The summed E-state index contributed by atoms with van der Waals surface area (Å²) in [6, 6.07) is 10.8. The predicted octanol–water partition coefficient (Wildman–Crippen LogP) is 3.38. The lowest BCUT2D eigenvalue weighted by Crippen LogP contribution is -2.31. The maximum Gasteiger partial charge on any atom is 0.323 e. The molecule has 3 amide bonds. The van der Waals surface area contributed by atoms with Crippen molar-refractivity contribution in [3.05, 3.63) is 53.8 Å². The second-order valence-corrected chi connectivity index (χ2v) is 5.36. The zero-order valence-corrected chi connectivity index (χ0v) is 12.6. The average molecular weight is 313 g/mol. The van der Waals surface area contributed by atoms with Crippen LogP contribution in [0.2, 0.25) is 0 Å². The molecule has 0 radical (unpaired) electrons. The van der Waals surface area contributed by atoms with Gasteiger partial charge in [0.05, 0.1) is 5.69 Å². The Morgan fingerprint density at radius 1 is 1.13 bits per heavy atom. The Kier molecular flexibility index (Phi) is 3.97. The number of hydrogen-bond acceptors (Lipinski definition) is 2. The van der Waals surface area contributed by atoms with Gasteiger partial charge in [0, 0.05) is 24.8 Å². The number of aryl methyl sites for hydroxylation is 1. The molecule has 1 heterocycles. The van der Waals surface area contributed by atoms with Crippen molar-refractivity contribution in [1.29, 1.82) is 0 Å². The zero-order valence-electron chi connectivity index (χ0n) is 12.6. The molecule has 0 saturated carbocycles. The van der Waals surface area contributed by atoms with E-state index in [9.17, 15) is 14.0 Å². The molecule has 2 aromatic carbocycles. The van der Waals surface area contributed by atoms with Crippen LogP contribution in [0.5, 0.6) is 0 Å². The van der Waals surface area contributed by atoms with Crippen LogP contribution in [-0.2, 0) is 11.2 Å². The SMILES string of the molecule is CN1C(=O)CCc2cc(NC(=O)Nc3ccccc3F)ccc21. The summed E-state index contributed by atoms with van der Waals surface area (Å²) in [5.74, 6) is -0.413. The first-order chi connectivity index (χ1) is 11.0. The van der Waals surface area contributed by atoms with Crippen molar-refractivity contribution in [3.8, 4) is 0 Å². The van der Waals surface area contributed by atoms with Crippen LogP contribution in [0.1, 0.15) is 12.0 Å². The molecule has 0 atom stereocenters. The van der Waals surface area contributed by atoms with Crippen molar-refractivity contribution in [2.75, 3.05) is 22.6 Å². The number of amides is 3. The molecule has 0 spiro atoms. The van der Waals surface area contributed by atoms with Gasteiger partial charge in [0.15, 0.2) is 0 Å². The fourth-order valence-corrected chi connectivity index (χ4v) is 2.58. The van der Waals surface area contributed by atoms with E-state index < -0.39 is 11.8 Å². The number of nitrogens with zero attached hydrogens (tertiary/aromatic N) is 1. The summed E-state index contributed by atoms with van der Waals surface area (Å²) in [4.78, 5) is 25.2. The minimum absolute atomic E-state index is 0.0792. The Hall–Kier alpha value is -2.89. The summed E-state index contributed by atoms with van der Waals surface area (Å²) in [6.45, 7) is 0. The van der Waals surface area contributed by atoms with Crippen molar-refractivity contribution >= 4 is 29.0 Å². The van der Waals surface area contributed by atoms with E-state index in [1.165, 1.54) is 12.1 Å². The van der Waals surface area contributed by atoms with Crippen molar-refractivity contribution < 1.29 is 14.0 Å². The van der Waals surface area contributed by atoms with E-state index in [2.05, 4.69) is 10.6 Å². The number of anilines is 3. The van der Waals surface area contributed by atoms with Crippen molar-refractivity contribution in [2.24, 2.45) is 0 Å². The highest BCUT2D eigenvalue weighted by Crippen LogP contribution is 2.29. The zero-order chi connectivity index (χ0) is 16.4. The van der Waals surface area contributed by atoms with Crippen molar-refractivity contribution in [2.45, 2.75) is 12.8 Å². The van der Waals surface area contributed by atoms with Gasteiger partial charge in [-0.15, -0.1) is 0 Å². The van der Waals surface area contributed by atoms with E-state index in [0.717, 1.165) is 11.3 Å². The summed E-state index contributed by atoms with van der Waals surface area (Å²) >= 11 is 0. The minimum atomic E-state index is -0.518. The number of nitrogens with one attached hydrogen (secondary N) is 2. The summed E-state index contributed by atoms with van der Waals surface area (Å²) in [7, 11) is 1.73. The largest absolute Gasteiger partial charge is 0.323 e. The Labute approximate surface area is 133 Å². The van der Waals surface area contributed by atoms with Gasteiger partial charge in [-0.05, 0) is 42.3 Å². The fourth-order valence-electron chi connectivity index (χ4n) is 2.58. The van der Waals surface area contributed by atoms with Gasteiger partial charge in [-0.2, -0.15) is 0 Å². The number of carbonyl (C=O) groups is 2. The number of urea groups is 1. The Balaban J connectivity index is 1.72. The van der Waals surface area contributed by atoms with E-state index >= 15 is 0 Å². The van der Waals surface area contributed by atoms with Gasteiger partial charge in [0.2, 0.25) is 5.91 Å². The Bertz CT molecular complexity index is 776. The number of para-hydroxylation sites is 1. The molecular weight excluding hydrogens is 297 g/mol. The second-order valence-electron chi connectivity index (χ2n) is 5.36. The lowest BCUT2D eigenvalue weighted by atomic mass is 10.0. The maximum atomic E-state index is 13.5. The molecule has 0 bridgehead atoms. The van der Waals surface area contributed by atoms with Crippen LogP contribution in [0.4, 0.5) is 26.2 Å². The van der Waals surface area contributed by atoms with Gasteiger partial charge in [-0.1, -0.05) is 12.1 Å². The third-order valence-corrected chi connectivity index (χ3v) is 3.80. The van der Waals surface area contributed by atoms with E-state index in [1.54, 1.807) is 36.2 Å². The van der Waals surface area contributed by atoms with E-state index in [1.807, 2.05) is 6.07 Å². The number of halogens is 1. The molecule has 0 saturated heterocycles. The molecule has 2 N–H and O–H groups in total. The number of carbonyl (C=O) groups excluding carboxylic acids is 2. The quantitative estimate of drug-likeness (QED) is 0.893. The third kappa shape index (κ3) is 3.15. The highest BCUT2D eigenvalue weighted by atomic mass is 19.1. The topological polar surface area (TPSA) is 61.4 Å². The number of hydrogen-bond donors (Lipinski definition) is 2. The molecule has 5 nitrogen and oxygen atoms in total. The highest BCUT2D eigenvalue weighted by Gasteiger charge is 2.21. The molecule has 3 rings (SSSR count). The van der Waals surface area contributed by atoms with E-state index in [0.29, 0.717) is 18.5 Å². The summed E-state index contributed by atoms with van der Waals surface area (Å²) < 4.78 is 13.5. The summed E-state index contributed by atoms with van der Waals surface area (Å²) in [5, 5.41) is 5.14. The molecule has 1 aliphatic rings. The molecule has 118 valence electrons. The molecule has 6 heteroatoms. The van der Waals surface area contributed by atoms with Crippen LogP contribution in [0, 0.1) is 5.82 Å². The van der Waals surface area contributed by atoms with Gasteiger partial charge >= 0.3 is 6.03 Å². The van der Waals surface area contributed by atoms with Crippen molar-refractivity contribution in [3.63, 3.8) is 0 Å². The van der Waals surface area contributed by atoms with Crippen LogP contribution in [0.15, 0.2) is 42.5 Å². The Morgan fingerprint density at radius 2 is 1.91 bits per heavy atom. The van der Waals surface area contributed by atoms with E-state index in [-0.39, 0.29) is 11.6 Å². The Morgan fingerprint density at radius 3 is 2.70 bits per heavy atom. The van der Waals surface area contributed by atoms with E-state index in [4.69, 9.17) is 0 Å². The molecule has 23 heavy (non-hydrogen) atoms. The fraction of sp³-hybridized carbons (Fsp3) is 0.176. The molecule has 2 aromatic rings. The van der Waals surface area contributed by atoms with Crippen LogP contribution >= 0.6 is 0 Å². The first-order valence-corrected chi connectivity index (χ1v) is 7.26. The number of fused-ring (bicyclic) bond motifs is 1. The summed E-state index contributed by atoms with van der Waals surface area (Å²) in [5.41, 5.74) is 2.56. The van der Waals surface area contributed by atoms with Gasteiger partial charge < -0.3 is 15.5 Å². The molecular formula is C17H16FN3O2. The van der Waals surface area contributed by atoms with Gasteiger partial charge in [0.25, 0.3) is 0 Å². The van der Waals surface area contributed by atoms with Crippen molar-refractivity contribution in [1.82, 2.24) is 0 Å². The molecule has 1 aliphatic heterocycles. The lowest BCUT2D eigenvalue weighted by Gasteiger charge is -2.26. The standard InChI is InChI=1S/C17H16FN3O2/c1-21-15-8-7-12(10-11(15)6-9-16(21)22)19-17(23)20-14-5-3-2-4-13(14)18/h2-5,7-8,10H,6,9H2,1H3,(H2,19,20,23). The molecule has 0 fully saturated rings. The van der Waals surface area contributed by atoms with Crippen LogP contribution in [-0.4, -0.2) is 19.0 Å². The molecule has 0 unspecified atom stereocenters. The number of rotatable bonds is 2. The van der Waals surface area contributed by atoms with Gasteiger partial charge in [-0.25, -0.2) is 9.18 Å². The number of benzene rings is 2. The first-order valence-electron chi connectivity index (χ1n) is 7.26. The van der Waals surface area contributed by atoms with Crippen LogP contribution in [0.3, 0.4) is 0 Å². The second kappa shape index (κ2) is 6.08. The first kappa shape index (κ1) is 15.0. The third-order valence-electron chi connectivity index (χ3n) is 3.80. The predicted molar refractivity (Wildman–Crippen MR) is 87.2 cm³/mol. The summed E-state index contributed by atoms with van der Waals surface area (Å²) in [6.07, 6.45) is 1.09.